The molecule has 0 amide bonds. The first-order valence-electron chi connectivity index (χ1n) is 3.60. The van der Waals surface area contributed by atoms with Crippen LogP contribution in [-0.2, 0) is 4.79 Å². The first kappa shape index (κ1) is 9.94. The van der Waals surface area contributed by atoms with E-state index in [1.807, 2.05) is 0 Å². The first-order valence-corrected chi connectivity index (χ1v) is 4.42. The van der Waals surface area contributed by atoms with Crippen LogP contribution in [0.15, 0.2) is 6.20 Å². The smallest absolute Gasteiger partial charge is 0.305 e. The van der Waals surface area contributed by atoms with E-state index < -0.39 is 12.0 Å². The molecule has 1 unspecified atom stereocenters. The fourth-order valence-electron chi connectivity index (χ4n) is 0.824. The summed E-state index contributed by atoms with van der Waals surface area (Å²) in [7, 11) is 1.51. The minimum atomic E-state index is -0.917. The lowest BCUT2D eigenvalue weighted by Crippen LogP contribution is -2.13. The lowest BCUT2D eigenvalue weighted by Gasteiger charge is -2.03. The summed E-state index contributed by atoms with van der Waals surface area (Å²) in [6, 6.07) is -0.501. The summed E-state index contributed by atoms with van der Waals surface area (Å²) in [5, 5.41) is 8.98. The maximum Gasteiger partial charge on any atom is 0.305 e. The molecule has 0 aliphatic carbocycles. The van der Waals surface area contributed by atoms with Gasteiger partial charge in [0.05, 0.1) is 19.6 Å². The molecule has 1 atom stereocenters. The minimum absolute atomic E-state index is 0.0919. The molecule has 0 aromatic carbocycles. The quantitative estimate of drug-likeness (QED) is 0.747. The van der Waals surface area contributed by atoms with E-state index in [0.717, 1.165) is 4.88 Å². The van der Waals surface area contributed by atoms with Crippen LogP contribution in [-0.4, -0.2) is 23.2 Å². The predicted molar refractivity (Wildman–Crippen MR) is 47.8 cm³/mol. The van der Waals surface area contributed by atoms with Crippen molar-refractivity contribution in [3.63, 3.8) is 0 Å². The van der Waals surface area contributed by atoms with Gasteiger partial charge in [-0.1, -0.05) is 11.3 Å². The van der Waals surface area contributed by atoms with Gasteiger partial charge in [-0.15, -0.1) is 0 Å². The number of carboxylic acids is 1. The Balaban J connectivity index is 2.65. The Morgan fingerprint density at radius 2 is 2.62 bits per heavy atom. The van der Waals surface area contributed by atoms with E-state index in [1.165, 1.54) is 24.6 Å². The van der Waals surface area contributed by atoms with E-state index >= 15 is 0 Å². The number of aromatic nitrogens is 1. The van der Waals surface area contributed by atoms with Gasteiger partial charge in [0.25, 0.3) is 5.19 Å². The van der Waals surface area contributed by atoms with Gasteiger partial charge in [0.2, 0.25) is 0 Å². The summed E-state index contributed by atoms with van der Waals surface area (Å²) in [4.78, 5) is 14.9. The molecule has 13 heavy (non-hydrogen) atoms. The number of nitrogens with two attached hydrogens (primary N) is 1. The van der Waals surface area contributed by atoms with Crippen molar-refractivity contribution in [1.82, 2.24) is 4.98 Å². The van der Waals surface area contributed by atoms with Crippen LogP contribution in [0.5, 0.6) is 5.19 Å². The van der Waals surface area contributed by atoms with Gasteiger partial charge in [-0.3, -0.25) is 4.79 Å². The molecule has 0 radical (unpaired) electrons. The number of ether oxygens (including phenoxy) is 1. The Kier molecular flexibility index (Phi) is 3.21. The van der Waals surface area contributed by atoms with E-state index in [9.17, 15) is 4.79 Å². The van der Waals surface area contributed by atoms with Crippen LogP contribution in [0.2, 0.25) is 0 Å². The van der Waals surface area contributed by atoms with Crippen LogP contribution in [0.4, 0.5) is 0 Å². The highest BCUT2D eigenvalue weighted by molar-refractivity contribution is 7.13. The largest absolute Gasteiger partial charge is 0.481 e. The number of carboxylic acid groups (broad SMARTS) is 1. The zero-order valence-corrected chi connectivity index (χ0v) is 7.87. The second-order valence-electron chi connectivity index (χ2n) is 2.44. The highest BCUT2D eigenvalue weighted by Gasteiger charge is 2.13. The van der Waals surface area contributed by atoms with Gasteiger partial charge in [0, 0.05) is 11.1 Å². The summed E-state index contributed by atoms with van der Waals surface area (Å²) >= 11 is 1.26. The number of nitrogens with zero attached hydrogens (tertiary/aromatic N) is 1. The fourth-order valence-corrected chi connectivity index (χ4v) is 1.55. The van der Waals surface area contributed by atoms with Crippen LogP contribution < -0.4 is 10.5 Å². The van der Waals surface area contributed by atoms with Crippen molar-refractivity contribution >= 4 is 17.3 Å². The van der Waals surface area contributed by atoms with E-state index in [1.54, 1.807) is 0 Å². The molecule has 0 aliphatic heterocycles. The molecule has 1 rings (SSSR count). The zero-order valence-electron chi connectivity index (χ0n) is 7.06. The molecule has 1 aromatic rings. The number of methoxy groups -OCH3 is 1. The van der Waals surface area contributed by atoms with Crippen molar-refractivity contribution in [2.45, 2.75) is 12.5 Å². The third kappa shape index (κ3) is 2.67. The molecule has 72 valence electrons. The van der Waals surface area contributed by atoms with Crippen molar-refractivity contribution in [2.24, 2.45) is 5.73 Å². The van der Waals surface area contributed by atoms with E-state index in [-0.39, 0.29) is 6.42 Å². The summed E-state index contributed by atoms with van der Waals surface area (Å²) in [6.45, 7) is 0. The van der Waals surface area contributed by atoms with Crippen molar-refractivity contribution in [2.75, 3.05) is 7.11 Å². The molecule has 0 spiro atoms. The Bertz CT molecular complexity index is 300. The van der Waals surface area contributed by atoms with Crippen LogP contribution >= 0.6 is 11.3 Å². The van der Waals surface area contributed by atoms with Gasteiger partial charge in [-0.05, 0) is 0 Å². The third-order valence-corrected chi connectivity index (χ3v) is 2.53. The van der Waals surface area contributed by atoms with Crippen LogP contribution in [0.25, 0.3) is 0 Å². The van der Waals surface area contributed by atoms with Crippen LogP contribution in [0.1, 0.15) is 17.3 Å². The number of thiazole rings is 1. The normalized spacial score (nSPS) is 12.5. The predicted octanol–water partition coefficient (Wildman–Crippen LogP) is 0.626. The van der Waals surface area contributed by atoms with E-state index in [2.05, 4.69) is 4.98 Å². The molecule has 5 nitrogen and oxygen atoms in total. The van der Waals surface area contributed by atoms with Gasteiger partial charge in [-0.25, -0.2) is 4.98 Å². The molecule has 0 saturated heterocycles. The summed E-state index contributed by atoms with van der Waals surface area (Å²) in [5.74, 6) is -0.917. The maximum atomic E-state index is 10.3. The molecule has 1 aromatic heterocycles. The monoisotopic (exact) mass is 202 g/mol. The second-order valence-corrected chi connectivity index (χ2v) is 3.46. The maximum absolute atomic E-state index is 10.3. The molecule has 0 aliphatic rings. The van der Waals surface area contributed by atoms with Gasteiger partial charge in [-0.2, -0.15) is 0 Å². The van der Waals surface area contributed by atoms with Gasteiger partial charge < -0.3 is 15.6 Å². The topological polar surface area (TPSA) is 85.4 Å². The van der Waals surface area contributed by atoms with Crippen molar-refractivity contribution in [1.29, 1.82) is 0 Å². The Morgan fingerprint density at radius 1 is 1.92 bits per heavy atom. The Labute approximate surface area is 79.2 Å². The molecule has 3 N–H and O–H groups in total. The number of hydrogen-bond acceptors (Lipinski definition) is 5. The molecule has 1 heterocycles. The lowest BCUT2D eigenvalue weighted by molar-refractivity contribution is -0.137. The zero-order chi connectivity index (χ0) is 9.84. The molecular weight excluding hydrogens is 192 g/mol. The molecular formula is C7H10N2O3S. The second kappa shape index (κ2) is 4.20. The van der Waals surface area contributed by atoms with Gasteiger partial charge in [0.1, 0.15) is 0 Å². The SMILES string of the molecule is COc1ncc(C(N)CC(=O)O)s1. The number of rotatable bonds is 4. The fraction of sp³-hybridized carbons (Fsp3) is 0.429. The highest BCUT2D eigenvalue weighted by atomic mass is 32.1. The average Bonchev–Trinajstić information content (AvgIpc) is 2.50. The molecule has 0 saturated carbocycles. The van der Waals surface area contributed by atoms with Gasteiger partial charge >= 0.3 is 5.97 Å². The van der Waals surface area contributed by atoms with Crippen molar-refractivity contribution in [3.8, 4) is 5.19 Å². The van der Waals surface area contributed by atoms with E-state index in [0.29, 0.717) is 5.19 Å². The Morgan fingerprint density at radius 3 is 3.08 bits per heavy atom. The highest BCUT2D eigenvalue weighted by Crippen LogP contribution is 2.25. The van der Waals surface area contributed by atoms with Gasteiger partial charge in [0.15, 0.2) is 0 Å². The summed E-state index contributed by atoms with van der Waals surface area (Å²) < 4.78 is 4.85. The molecule has 6 heteroatoms. The molecule has 0 bridgehead atoms. The summed E-state index contributed by atoms with van der Waals surface area (Å²) in [6.07, 6.45) is 1.45. The number of hydrogen-bond donors (Lipinski definition) is 2. The molecule has 0 fully saturated rings. The van der Waals surface area contributed by atoms with E-state index in [4.69, 9.17) is 15.6 Å². The first-order chi connectivity index (χ1) is 6.13. The lowest BCUT2D eigenvalue weighted by atomic mass is 10.2. The van der Waals surface area contributed by atoms with Crippen LogP contribution in [0.3, 0.4) is 0 Å². The standard InChI is InChI=1S/C7H10N2O3S/c1-12-7-9-3-5(13-7)4(8)2-6(10)11/h3-4H,2,8H2,1H3,(H,10,11). The van der Waals surface area contributed by atoms with Crippen molar-refractivity contribution < 1.29 is 14.6 Å². The van der Waals surface area contributed by atoms with Crippen molar-refractivity contribution in [3.05, 3.63) is 11.1 Å². The minimum Gasteiger partial charge on any atom is -0.481 e. The number of aliphatic carboxylic acids is 1. The average molecular weight is 202 g/mol. The summed E-state index contributed by atoms with van der Waals surface area (Å²) in [5.41, 5.74) is 5.60. The van der Waals surface area contributed by atoms with Crippen LogP contribution in [0, 0.1) is 0 Å². The number of carbonyl (C=O) groups is 1. The Hall–Kier alpha value is -1.14. The third-order valence-electron chi connectivity index (χ3n) is 1.44.